The number of sulfone groups is 1. The summed E-state index contributed by atoms with van der Waals surface area (Å²) < 4.78 is 52.6. The van der Waals surface area contributed by atoms with E-state index in [0.717, 1.165) is 0 Å². The van der Waals surface area contributed by atoms with Gasteiger partial charge < -0.3 is 9.73 Å². The molecule has 0 aliphatic heterocycles. The van der Waals surface area contributed by atoms with E-state index in [1.807, 2.05) is 0 Å². The second-order valence-electron chi connectivity index (χ2n) is 5.46. The molecule has 1 heterocycles. The lowest BCUT2D eigenvalue weighted by molar-refractivity contribution is 0.0991. The van der Waals surface area contributed by atoms with Gasteiger partial charge in [0.05, 0.1) is 9.79 Å². The maximum atomic E-state index is 12.5. The van der Waals surface area contributed by atoms with Crippen LogP contribution >= 0.6 is 0 Å². The van der Waals surface area contributed by atoms with Crippen LogP contribution in [-0.2, 0) is 19.9 Å². The molecule has 3 N–H and O–H groups in total. The molecule has 3 rings (SSSR count). The molecule has 27 heavy (non-hydrogen) atoms. The summed E-state index contributed by atoms with van der Waals surface area (Å²) in [5.74, 6) is -0.895. The third kappa shape index (κ3) is 4.08. The summed E-state index contributed by atoms with van der Waals surface area (Å²) in [5, 5.41) is 7.12. The Labute approximate surface area is 155 Å². The lowest BCUT2D eigenvalue weighted by Gasteiger charge is -2.04. The van der Waals surface area contributed by atoms with Gasteiger partial charge in [0, 0.05) is 5.69 Å². The number of nitrogens with one attached hydrogen (secondary N) is 1. The third-order valence-corrected chi connectivity index (χ3v) is 6.14. The number of carbonyl (C=O) groups is 1. The average Bonchev–Trinajstić information content (AvgIpc) is 3.13. The van der Waals surface area contributed by atoms with Crippen molar-refractivity contribution in [3.8, 4) is 0 Å². The Morgan fingerprint density at radius 2 is 1.44 bits per heavy atom. The van der Waals surface area contributed by atoms with Crippen LogP contribution in [0, 0.1) is 0 Å². The molecular formula is C17H14N2O6S2. The molecule has 3 aromatic rings. The number of amides is 1. The molecule has 8 nitrogen and oxygen atoms in total. The Balaban J connectivity index is 1.79. The molecule has 2 aromatic carbocycles. The van der Waals surface area contributed by atoms with Crippen LogP contribution in [0.5, 0.6) is 0 Å². The van der Waals surface area contributed by atoms with Gasteiger partial charge >= 0.3 is 0 Å². The van der Waals surface area contributed by atoms with Crippen molar-refractivity contribution in [2.24, 2.45) is 5.14 Å². The zero-order chi connectivity index (χ0) is 19.7. The lowest BCUT2D eigenvalue weighted by atomic mass is 10.3. The predicted molar refractivity (Wildman–Crippen MR) is 96.4 cm³/mol. The molecule has 0 unspecified atom stereocenters. The molecule has 0 bridgehead atoms. The van der Waals surface area contributed by atoms with Crippen molar-refractivity contribution < 1.29 is 26.0 Å². The summed E-state index contributed by atoms with van der Waals surface area (Å²) in [6, 6.07) is 15.3. The Bertz CT molecular complexity index is 1180. The number of benzene rings is 2. The minimum Gasteiger partial charge on any atom is -0.439 e. The first-order valence-corrected chi connectivity index (χ1v) is 10.5. The number of hydrogen-bond donors (Lipinski definition) is 2. The molecular weight excluding hydrogens is 392 g/mol. The van der Waals surface area contributed by atoms with E-state index in [1.54, 1.807) is 18.2 Å². The van der Waals surface area contributed by atoms with E-state index in [9.17, 15) is 21.6 Å². The molecule has 0 saturated heterocycles. The largest absolute Gasteiger partial charge is 0.439 e. The summed E-state index contributed by atoms with van der Waals surface area (Å²) in [7, 11) is -7.71. The highest BCUT2D eigenvalue weighted by Gasteiger charge is 2.23. The van der Waals surface area contributed by atoms with E-state index in [-0.39, 0.29) is 26.3 Å². The monoisotopic (exact) mass is 406 g/mol. The molecule has 0 aliphatic rings. The molecule has 0 atom stereocenters. The SMILES string of the molecule is NS(=O)(=O)c1ccc(NC(=O)c2ccc(S(=O)(=O)c3ccccc3)o2)cc1. The van der Waals surface area contributed by atoms with Gasteiger partial charge in [0.1, 0.15) is 0 Å². The van der Waals surface area contributed by atoms with Crippen molar-refractivity contribution in [1.29, 1.82) is 0 Å². The van der Waals surface area contributed by atoms with Gasteiger partial charge in [-0.3, -0.25) is 4.79 Å². The summed E-state index contributed by atoms with van der Waals surface area (Å²) >= 11 is 0. The predicted octanol–water partition coefficient (Wildman–Crippen LogP) is 2.01. The standard InChI is InChI=1S/C17H14N2O6S2/c18-27(23,24)14-8-6-12(7-9-14)19-17(20)15-10-11-16(25-15)26(21,22)13-4-2-1-3-5-13/h1-11H,(H,19,20)(H2,18,23,24). The van der Waals surface area contributed by atoms with Gasteiger partial charge in [0.15, 0.2) is 5.76 Å². The van der Waals surface area contributed by atoms with Crippen LogP contribution in [0.25, 0.3) is 0 Å². The van der Waals surface area contributed by atoms with Crippen LogP contribution in [0.1, 0.15) is 10.6 Å². The molecule has 140 valence electrons. The van der Waals surface area contributed by atoms with Crippen molar-refractivity contribution in [3.05, 3.63) is 72.5 Å². The van der Waals surface area contributed by atoms with Crippen molar-refractivity contribution in [2.45, 2.75) is 14.9 Å². The first kappa shape index (κ1) is 18.8. The second kappa shape index (κ2) is 6.99. The maximum Gasteiger partial charge on any atom is 0.291 e. The van der Waals surface area contributed by atoms with Crippen LogP contribution in [0.15, 0.2) is 86.0 Å². The van der Waals surface area contributed by atoms with Crippen molar-refractivity contribution in [3.63, 3.8) is 0 Å². The first-order valence-electron chi connectivity index (χ1n) is 7.52. The number of furan rings is 1. The molecule has 1 amide bonds. The summed E-state index contributed by atoms with van der Waals surface area (Å²) in [4.78, 5) is 12.2. The summed E-state index contributed by atoms with van der Waals surface area (Å²) in [6.07, 6.45) is 0. The van der Waals surface area contributed by atoms with E-state index >= 15 is 0 Å². The Morgan fingerprint density at radius 1 is 0.815 bits per heavy atom. The molecule has 0 spiro atoms. The van der Waals surface area contributed by atoms with Crippen LogP contribution in [-0.4, -0.2) is 22.7 Å². The number of carbonyl (C=O) groups excluding carboxylic acids is 1. The number of sulfonamides is 1. The molecule has 10 heteroatoms. The molecule has 0 radical (unpaired) electrons. The normalized spacial score (nSPS) is 11.9. The molecule has 0 aliphatic carbocycles. The number of primary sulfonamides is 1. The smallest absolute Gasteiger partial charge is 0.291 e. The summed E-state index contributed by atoms with van der Waals surface area (Å²) in [6.45, 7) is 0. The summed E-state index contributed by atoms with van der Waals surface area (Å²) in [5.41, 5.74) is 0.288. The Hall–Kier alpha value is -2.95. The van der Waals surface area contributed by atoms with Gasteiger partial charge in [-0.05, 0) is 48.5 Å². The Morgan fingerprint density at radius 3 is 2.04 bits per heavy atom. The third-order valence-electron chi connectivity index (χ3n) is 3.56. The topological polar surface area (TPSA) is 137 Å². The van der Waals surface area contributed by atoms with Crippen molar-refractivity contribution in [2.75, 3.05) is 5.32 Å². The number of hydrogen-bond acceptors (Lipinski definition) is 6. The second-order valence-corrected chi connectivity index (χ2v) is 8.90. The van der Waals surface area contributed by atoms with Gasteiger partial charge in [-0.25, -0.2) is 22.0 Å². The van der Waals surface area contributed by atoms with Crippen LogP contribution < -0.4 is 10.5 Å². The lowest BCUT2D eigenvalue weighted by Crippen LogP contribution is -2.13. The van der Waals surface area contributed by atoms with Gasteiger partial charge in [-0.1, -0.05) is 18.2 Å². The zero-order valence-electron chi connectivity index (χ0n) is 13.7. The van der Waals surface area contributed by atoms with E-state index in [4.69, 9.17) is 9.56 Å². The minimum atomic E-state index is -3.87. The van der Waals surface area contributed by atoms with Gasteiger partial charge in [-0.15, -0.1) is 0 Å². The van der Waals surface area contributed by atoms with Gasteiger partial charge in [0.2, 0.25) is 25.0 Å². The maximum absolute atomic E-state index is 12.5. The number of nitrogens with two attached hydrogens (primary N) is 1. The van der Waals surface area contributed by atoms with E-state index in [0.29, 0.717) is 0 Å². The van der Waals surface area contributed by atoms with Gasteiger partial charge in [0.25, 0.3) is 5.91 Å². The number of anilines is 1. The highest BCUT2D eigenvalue weighted by molar-refractivity contribution is 7.91. The average molecular weight is 406 g/mol. The van der Waals surface area contributed by atoms with E-state index in [2.05, 4.69) is 5.32 Å². The van der Waals surface area contributed by atoms with E-state index in [1.165, 1.54) is 48.5 Å². The fourth-order valence-corrected chi connectivity index (χ4v) is 3.93. The fourth-order valence-electron chi connectivity index (χ4n) is 2.22. The first-order chi connectivity index (χ1) is 12.7. The number of rotatable bonds is 5. The van der Waals surface area contributed by atoms with Crippen molar-refractivity contribution >= 4 is 31.5 Å². The highest BCUT2D eigenvalue weighted by atomic mass is 32.2. The Kier molecular flexibility index (Phi) is 4.87. The van der Waals surface area contributed by atoms with E-state index < -0.39 is 25.8 Å². The minimum absolute atomic E-state index is 0.0462. The molecule has 1 aromatic heterocycles. The van der Waals surface area contributed by atoms with Crippen LogP contribution in [0.3, 0.4) is 0 Å². The fraction of sp³-hybridized carbons (Fsp3) is 0. The van der Waals surface area contributed by atoms with Crippen LogP contribution in [0.2, 0.25) is 0 Å². The molecule has 0 saturated carbocycles. The zero-order valence-corrected chi connectivity index (χ0v) is 15.3. The van der Waals surface area contributed by atoms with Crippen LogP contribution in [0.4, 0.5) is 5.69 Å². The van der Waals surface area contributed by atoms with Crippen molar-refractivity contribution in [1.82, 2.24) is 0 Å². The highest BCUT2D eigenvalue weighted by Crippen LogP contribution is 2.23. The quantitative estimate of drug-likeness (QED) is 0.665. The molecule has 0 fully saturated rings. The van der Waals surface area contributed by atoms with Gasteiger partial charge in [-0.2, -0.15) is 0 Å².